The first kappa shape index (κ1) is 16.3. The lowest BCUT2D eigenvalue weighted by Crippen LogP contribution is -2.42. The fraction of sp³-hybridized carbons (Fsp3) is 0.562. The molecule has 2 atom stereocenters. The molecule has 0 bridgehead atoms. The minimum Gasteiger partial charge on any atom is -0.496 e. The summed E-state index contributed by atoms with van der Waals surface area (Å²) in [5.74, 6) is 0.978. The SMILES string of the molecule is CCCN1C(=O)CCCC(N)C1c1cc(Br)ccc1OC. The van der Waals surface area contributed by atoms with Gasteiger partial charge in [0.15, 0.2) is 0 Å². The predicted octanol–water partition coefficient (Wildman–Crippen LogP) is 3.25. The highest BCUT2D eigenvalue weighted by atomic mass is 79.9. The molecule has 1 aromatic carbocycles. The number of hydrogen-bond acceptors (Lipinski definition) is 3. The van der Waals surface area contributed by atoms with Crippen LogP contribution in [0.3, 0.4) is 0 Å². The molecule has 4 nitrogen and oxygen atoms in total. The molecule has 0 spiro atoms. The maximum atomic E-state index is 12.4. The Kier molecular flexibility index (Phi) is 5.65. The highest BCUT2D eigenvalue weighted by molar-refractivity contribution is 9.10. The minimum absolute atomic E-state index is 0.0637. The van der Waals surface area contributed by atoms with Gasteiger partial charge in [0.25, 0.3) is 0 Å². The van der Waals surface area contributed by atoms with Gasteiger partial charge in [0, 0.05) is 29.0 Å². The number of likely N-dealkylation sites (tertiary alicyclic amines) is 1. The average molecular weight is 355 g/mol. The Hall–Kier alpha value is -1.07. The van der Waals surface area contributed by atoms with Gasteiger partial charge in [-0.15, -0.1) is 0 Å². The number of carbonyl (C=O) groups is 1. The Bertz CT molecular complexity index is 507. The average Bonchev–Trinajstić information content (AvgIpc) is 2.59. The third-order valence-corrected chi connectivity index (χ3v) is 4.46. The van der Waals surface area contributed by atoms with E-state index in [4.69, 9.17) is 10.5 Å². The smallest absolute Gasteiger partial charge is 0.223 e. The molecule has 5 heteroatoms. The highest BCUT2D eigenvalue weighted by Crippen LogP contribution is 2.37. The van der Waals surface area contributed by atoms with Crippen molar-refractivity contribution in [3.05, 3.63) is 28.2 Å². The maximum absolute atomic E-state index is 12.4. The van der Waals surface area contributed by atoms with Crippen LogP contribution in [0.5, 0.6) is 5.75 Å². The number of carbonyl (C=O) groups excluding carboxylic acids is 1. The lowest BCUT2D eigenvalue weighted by atomic mass is 9.95. The molecule has 1 aromatic rings. The first-order valence-corrected chi connectivity index (χ1v) is 8.26. The summed E-state index contributed by atoms with van der Waals surface area (Å²) in [6.07, 6.45) is 3.21. The lowest BCUT2D eigenvalue weighted by molar-refractivity contribution is -0.133. The van der Waals surface area contributed by atoms with Gasteiger partial charge in [0.05, 0.1) is 13.2 Å². The fourth-order valence-corrected chi connectivity index (χ4v) is 3.40. The number of nitrogens with two attached hydrogens (primary N) is 1. The highest BCUT2D eigenvalue weighted by Gasteiger charge is 2.34. The van der Waals surface area contributed by atoms with Gasteiger partial charge in [-0.3, -0.25) is 4.79 Å². The number of hydrogen-bond donors (Lipinski definition) is 1. The van der Waals surface area contributed by atoms with Crippen LogP contribution in [-0.4, -0.2) is 30.5 Å². The van der Waals surface area contributed by atoms with Crippen molar-refractivity contribution in [2.24, 2.45) is 5.73 Å². The van der Waals surface area contributed by atoms with Crippen LogP contribution < -0.4 is 10.5 Å². The van der Waals surface area contributed by atoms with Gasteiger partial charge in [-0.25, -0.2) is 0 Å². The standard InChI is InChI=1S/C16H23BrN2O2/c1-3-9-19-15(20)6-4-5-13(18)16(19)12-10-11(17)7-8-14(12)21-2/h7-8,10,13,16H,3-6,9,18H2,1-2H3. The summed E-state index contributed by atoms with van der Waals surface area (Å²) in [6, 6.07) is 5.70. The summed E-state index contributed by atoms with van der Waals surface area (Å²) in [5, 5.41) is 0. The molecule has 0 aromatic heterocycles. The van der Waals surface area contributed by atoms with E-state index in [1.54, 1.807) is 7.11 Å². The molecule has 1 amide bonds. The van der Waals surface area contributed by atoms with E-state index in [1.807, 2.05) is 23.1 Å². The zero-order chi connectivity index (χ0) is 15.4. The van der Waals surface area contributed by atoms with Crippen LogP contribution in [-0.2, 0) is 4.79 Å². The molecular weight excluding hydrogens is 332 g/mol. The molecule has 2 unspecified atom stereocenters. The van der Waals surface area contributed by atoms with Crippen LogP contribution in [0.25, 0.3) is 0 Å². The van der Waals surface area contributed by atoms with Gasteiger partial charge in [0.2, 0.25) is 5.91 Å². The quantitative estimate of drug-likeness (QED) is 0.902. The molecule has 1 heterocycles. The van der Waals surface area contributed by atoms with E-state index in [9.17, 15) is 4.79 Å². The van der Waals surface area contributed by atoms with Crippen LogP contribution >= 0.6 is 15.9 Å². The first-order chi connectivity index (χ1) is 10.1. The van der Waals surface area contributed by atoms with Gasteiger partial charge < -0.3 is 15.4 Å². The fourth-order valence-electron chi connectivity index (χ4n) is 3.02. The third kappa shape index (κ3) is 3.58. The zero-order valence-corrected chi connectivity index (χ0v) is 14.2. The number of ether oxygens (including phenoxy) is 1. The van der Waals surface area contributed by atoms with Gasteiger partial charge in [-0.2, -0.15) is 0 Å². The molecule has 1 aliphatic heterocycles. The lowest BCUT2D eigenvalue weighted by Gasteiger charge is -2.34. The van der Waals surface area contributed by atoms with Crippen molar-refractivity contribution in [1.29, 1.82) is 0 Å². The second kappa shape index (κ2) is 7.27. The Morgan fingerprint density at radius 3 is 2.90 bits per heavy atom. The molecule has 0 aliphatic carbocycles. The molecule has 1 saturated heterocycles. The van der Waals surface area contributed by atoms with Crippen LogP contribution in [0.1, 0.15) is 44.2 Å². The van der Waals surface area contributed by atoms with Crippen LogP contribution in [0.2, 0.25) is 0 Å². The Morgan fingerprint density at radius 1 is 1.48 bits per heavy atom. The molecule has 0 saturated carbocycles. The number of benzene rings is 1. The number of amides is 1. The summed E-state index contributed by atoms with van der Waals surface area (Å²) in [7, 11) is 1.65. The first-order valence-electron chi connectivity index (χ1n) is 7.47. The topological polar surface area (TPSA) is 55.6 Å². The van der Waals surface area contributed by atoms with Crippen molar-refractivity contribution in [3.63, 3.8) is 0 Å². The maximum Gasteiger partial charge on any atom is 0.223 e. The van der Waals surface area contributed by atoms with Crippen molar-refractivity contribution in [1.82, 2.24) is 4.90 Å². The summed E-state index contributed by atoms with van der Waals surface area (Å²) >= 11 is 3.51. The molecule has 0 radical (unpaired) electrons. The summed E-state index contributed by atoms with van der Waals surface area (Å²) in [6.45, 7) is 2.81. The van der Waals surface area contributed by atoms with Crippen LogP contribution in [0, 0.1) is 0 Å². The van der Waals surface area contributed by atoms with E-state index in [0.717, 1.165) is 41.6 Å². The summed E-state index contributed by atoms with van der Waals surface area (Å²) < 4.78 is 6.46. The van der Waals surface area contributed by atoms with Crippen molar-refractivity contribution in [2.45, 2.75) is 44.7 Å². The monoisotopic (exact) mass is 354 g/mol. The zero-order valence-electron chi connectivity index (χ0n) is 12.6. The second-order valence-electron chi connectivity index (χ2n) is 5.47. The Labute approximate surface area is 134 Å². The van der Waals surface area contributed by atoms with Gasteiger partial charge in [-0.05, 0) is 37.5 Å². The van der Waals surface area contributed by atoms with Crippen LogP contribution in [0.15, 0.2) is 22.7 Å². The van der Waals surface area contributed by atoms with E-state index in [1.165, 1.54) is 0 Å². The predicted molar refractivity (Wildman–Crippen MR) is 87.3 cm³/mol. The Morgan fingerprint density at radius 2 is 2.24 bits per heavy atom. The summed E-state index contributed by atoms with van der Waals surface area (Å²) in [5.41, 5.74) is 7.39. The molecule has 2 rings (SSSR count). The molecular formula is C16H23BrN2O2. The second-order valence-corrected chi connectivity index (χ2v) is 6.39. The van der Waals surface area contributed by atoms with Gasteiger partial charge >= 0.3 is 0 Å². The molecule has 1 fully saturated rings. The largest absolute Gasteiger partial charge is 0.496 e. The van der Waals surface area contributed by atoms with E-state index < -0.39 is 0 Å². The molecule has 1 aliphatic rings. The van der Waals surface area contributed by atoms with Gasteiger partial charge in [-0.1, -0.05) is 22.9 Å². The Balaban J connectivity index is 2.48. The normalized spacial score (nSPS) is 23.0. The van der Waals surface area contributed by atoms with Gasteiger partial charge in [0.1, 0.15) is 5.75 Å². The molecule has 116 valence electrons. The van der Waals surface area contributed by atoms with Crippen LogP contribution in [0.4, 0.5) is 0 Å². The number of rotatable bonds is 4. The third-order valence-electron chi connectivity index (χ3n) is 3.96. The number of halogens is 1. The number of methoxy groups -OCH3 is 1. The van der Waals surface area contributed by atoms with Crippen molar-refractivity contribution in [3.8, 4) is 5.75 Å². The minimum atomic E-state index is -0.118. The number of nitrogens with zero attached hydrogens (tertiary/aromatic N) is 1. The molecule has 2 N–H and O–H groups in total. The van der Waals surface area contributed by atoms with E-state index in [0.29, 0.717) is 6.42 Å². The van der Waals surface area contributed by atoms with Crippen molar-refractivity contribution >= 4 is 21.8 Å². The van der Waals surface area contributed by atoms with Crippen molar-refractivity contribution in [2.75, 3.05) is 13.7 Å². The summed E-state index contributed by atoms with van der Waals surface area (Å²) in [4.78, 5) is 14.4. The van der Waals surface area contributed by atoms with E-state index in [2.05, 4.69) is 22.9 Å². The molecule has 21 heavy (non-hydrogen) atoms. The van der Waals surface area contributed by atoms with E-state index >= 15 is 0 Å². The van der Waals surface area contributed by atoms with Crippen molar-refractivity contribution < 1.29 is 9.53 Å². The van der Waals surface area contributed by atoms with E-state index in [-0.39, 0.29) is 18.0 Å².